The molecule has 1 fully saturated rings. The van der Waals surface area contributed by atoms with Crippen molar-refractivity contribution in [2.45, 2.75) is 38.7 Å². The molecule has 88 valence electrons. The van der Waals surface area contributed by atoms with E-state index in [2.05, 4.69) is 21.2 Å². The van der Waals surface area contributed by atoms with E-state index in [9.17, 15) is 4.79 Å². The fraction of sp³-hybridized carbons (Fsp3) is 0.909. The summed E-state index contributed by atoms with van der Waals surface area (Å²) in [5.41, 5.74) is 0. The lowest BCUT2D eigenvalue weighted by Gasteiger charge is -2.13. The molecule has 1 heterocycles. The third kappa shape index (κ3) is 4.51. The van der Waals surface area contributed by atoms with E-state index in [1.165, 1.54) is 12.8 Å². The third-order valence-electron chi connectivity index (χ3n) is 2.82. The summed E-state index contributed by atoms with van der Waals surface area (Å²) >= 11 is 3.39. The molecule has 2 atom stereocenters. The fourth-order valence-corrected chi connectivity index (χ4v) is 2.21. The van der Waals surface area contributed by atoms with E-state index in [0.717, 1.165) is 31.3 Å². The minimum Gasteiger partial charge on any atom is -0.378 e. The Balaban J connectivity index is 2.08. The summed E-state index contributed by atoms with van der Waals surface area (Å²) in [6.07, 6.45) is 4.38. The molecule has 1 N–H and O–H groups in total. The minimum atomic E-state index is 0.0705. The van der Waals surface area contributed by atoms with Gasteiger partial charge >= 0.3 is 0 Å². The molecular weight excluding hydrogens is 258 g/mol. The average Bonchev–Trinajstić information content (AvgIpc) is 2.64. The zero-order valence-corrected chi connectivity index (χ0v) is 10.9. The maximum absolute atomic E-state index is 11.7. The number of nitrogens with one attached hydrogen (secondary N) is 1. The third-order valence-corrected chi connectivity index (χ3v) is 3.38. The molecule has 1 amide bonds. The van der Waals surface area contributed by atoms with E-state index in [-0.39, 0.29) is 17.9 Å². The first kappa shape index (κ1) is 13.0. The second-order valence-electron chi connectivity index (χ2n) is 4.01. The van der Waals surface area contributed by atoms with Gasteiger partial charge in [-0.1, -0.05) is 22.4 Å². The standard InChI is InChI=1S/C11H20BrNO2/c1-9-10(5-8-15-9)11(14)13-7-4-2-3-6-12/h9-10H,2-8H2,1H3,(H,13,14). The number of carbonyl (C=O) groups is 1. The van der Waals surface area contributed by atoms with Crippen LogP contribution in [0.1, 0.15) is 32.6 Å². The van der Waals surface area contributed by atoms with Gasteiger partial charge in [0, 0.05) is 18.5 Å². The molecule has 0 spiro atoms. The summed E-state index contributed by atoms with van der Waals surface area (Å²) in [6.45, 7) is 3.50. The van der Waals surface area contributed by atoms with Crippen molar-refractivity contribution in [2.75, 3.05) is 18.5 Å². The van der Waals surface area contributed by atoms with Crippen LogP contribution in [0.3, 0.4) is 0 Å². The summed E-state index contributed by atoms with van der Waals surface area (Å²) in [5.74, 6) is 0.236. The Hall–Kier alpha value is -0.0900. The van der Waals surface area contributed by atoms with Gasteiger partial charge in [0.15, 0.2) is 0 Å². The maximum Gasteiger partial charge on any atom is 0.225 e. The molecule has 2 unspecified atom stereocenters. The Morgan fingerprint density at radius 1 is 1.47 bits per heavy atom. The van der Waals surface area contributed by atoms with Crippen molar-refractivity contribution >= 4 is 21.8 Å². The number of hydrogen-bond donors (Lipinski definition) is 1. The van der Waals surface area contributed by atoms with Crippen molar-refractivity contribution in [3.8, 4) is 0 Å². The van der Waals surface area contributed by atoms with Crippen molar-refractivity contribution in [3.63, 3.8) is 0 Å². The summed E-state index contributed by atoms with van der Waals surface area (Å²) in [4.78, 5) is 11.7. The largest absolute Gasteiger partial charge is 0.378 e. The molecule has 1 rings (SSSR count). The van der Waals surface area contributed by atoms with E-state index in [1.54, 1.807) is 0 Å². The SMILES string of the molecule is CC1OCCC1C(=O)NCCCCCBr. The summed E-state index contributed by atoms with van der Waals surface area (Å²) in [6, 6.07) is 0. The van der Waals surface area contributed by atoms with Gasteiger partial charge in [-0.2, -0.15) is 0 Å². The quantitative estimate of drug-likeness (QED) is 0.597. The first-order valence-electron chi connectivity index (χ1n) is 5.71. The van der Waals surface area contributed by atoms with E-state index in [1.807, 2.05) is 6.92 Å². The maximum atomic E-state index is 11.7. The normalized spacial score (nSPS) is 25.5. The lowest BCUT2D eigenvalue weighted by atomic mass is 10.0. The Labute approximate surface area is 100 Å². The molecule has 1 saturated heterocycles. The van der Waals surface area contributed by atoms with Crippen LogP contribution in [0.2, 0.25) is 0 Å². The average molecular weight is 278 g/mol. The van der Waals surface area contributed by atoms with Gasteiger partial charge < -0.3 is 10.1 Å². The number of hydrogen-bond acceptors (Lipinski definition) is 2. The number of unbranched alkanes of at least 4 members (excludes halogenated alkanes) is 2. The van der Waals surface area contributed by atoms with Gasteiger partial charge in [0.2, 0.25) is 5.91 Å². The number of rotatable bonds is 6. The van der Waals surface area contributed by atoms with E-state index in [4.69, 9.17) is 4.74 Å². The molecule has 0 radical (unpaired) electrons. The van der Waals surface area contributed by atoms with Crippen LogP contribution >= 0.6 is 15.9 Å². The first-order valence-corrected chi connectivity index (χ1v) is 6.83. The van der Waals surface area contributed by atoms with Crippen LogP contribution in [-0.4, -0.2) is 30.5 Å². The predicted molar refractivity (Wildman–Crippen MR) is 64.2 cm³/mol. The Morgan fingerprint density at radius 2 is 2.27 bits per heavy atom. The molecule has 0 aliphatic carbocycles. The number of ether oxygens (including phenoxy) is 1. The van der Waals surface area contributed by atoms with Crippen LogP contribution in [0.4, 0.5) is 0 Å². The number of amides is 1. The van der Waals surface area contributed by atoms with Crippen molar-refractivity contribution in [1.29, 1.82) is 0 Å². The zero-order chi connectivity index (χ0) is 11.1. The van der Waals surface area contributed by atoms with Crippen LogP contribution < -0.4 is 5.32 Å². The summed E-state index contributed by atoms with van der Waals surface area (Å²) in [5, 5.41) is 4.03. The van der Waals surface area contributed by atoms with Gasteiger partial charge in [-0.05, 0) is 26.2 Å². The van der Waals surface area contributed by atoms with Gasteiger partial charge in [-0.15, -0.1) is 0 Å². The highest BCUT2D eigenvalue weighted by molar-refractivity contribution is 9.09. The molecule has 3 nitrogen and oxygen atoms in total. The highest BCUT2D eigenvalue weighted by Crippen LogP contribution is 2.20. The number of halogens is 1. The topological polar surface area (TPSA) is 38.3 Å². The van der Waals surface area contributed by atoms with Crippen molar-refractivity contribution in [1.82, 2.24) is 5.32 Å². The molecule has 0 aromatic heterocycles. The molecule has 0 saturated carbocycles. The highest BCUT2D eigenvalue weighted by Gasteiger charge is 2.30. The fourth-order valence-electron chi connectivity index (χ4n) is 1.81. The predicted octanol–water partition coefficient (Wildman–Crippen LogP) is 2.09. The Bertz CT molecular complexity index is 199. The van der Waals surface area contributed by atoms with Crippen molar-refractivity contribution < 1.29 is 9.53 Å². The first-order chi connectivity index (χ1) is 7.25. The molecule has 1 aliphatic heterocycles. The van der Waals surface area contributed by atoms with Gasteiger partial charge in [0.05, 0.1) is 12.0 Å². The van der Waals surface area contributed by atoms with Gasteiger partial charge in [0.1, 0.15) is 0 Å². The van der Waals surface area contributed by atoms with E-state index in [0.29, 0.717) is 0 Å². The zero-order valence-electron chi connectivity index (χ0n) is 9.30. The van der Waals surface area contributed by atoms with Crippen LogP contribution in [0.15, 0.2) is 0 Å². The van der Waals surface area contributed by atoms with Crippen molar-refractivity contribution in [2.24, 2.45) is 5.92 Å². The highest BCUT2D eigenvalue weighted by atomic mass is 79.9. The van der Waals surface area contributed by atoms with Crippen LogP contribution in [0, 0.1) is 5.92 Å². The van der Waals surface area contributed by atoms with E-state index < -0.39 is 0 Å². The Kier molecular flexibility index (Phi) is 6.25. The van der Waals surface area contributed by atoms with Crippen LogP contribution in [-0.2, 0) is 9.53 Å². The Morgan fingerprint density at radius 3 is 2.87 bits per heavy atom. The molecule has 0 aromatic carbocycles. The molecule has 4 heteroatoms. The molecule has 0 bridgehead atoms. The number of carbonyl (C=O) groups excluding carboxylic acids is 1. The molecule has 15 heavy (non-hydrogen) atoms. The molecular formula is C11H20BrNO2. The van der Waals surface area contributed by atoms with Crippen molar-refractivity contribution in [3.05, 3.63) is 0 Å². The molecule has 0 aromatic rings. The van der Waals surface area contributed by atoms with Crippen LogP contribution in [0.5, 0.6) is 0 Å². The van der Waals surface area contributed by atoms with Crippen LogP contribution in [0.25, 0.3) is 0 Å². The lowest BCUT2D eigenvalue weighted by molar-refractivity contribution is -0.126. The molecule has 1 aliphatic rings. The number of alkyl halides is 1. The smallest absolute Gasteiger partial charge is 0.225 e. The summed E-state index contributed by atoms with van der Waals surface area (Å²) < 4.78 is 5.36. The van der Waals surface area contributed by atoms with Gasteiger partial charge in [-0.25, -0.2) is 0 Å². The van der Waals surface area contributed by atoms with Gasteiger partial charge in [0.25, 0.3) is 0 Å². The lowest BCUT2D eigenvalue weighted by Crippen LogP contribution is -2.34. The second kappa shape index (κ2) is 7.23. The monoisotopic (exact) mass is 277 g/mol. The van der Waals surface area contributed by atoms with E-state index >= 15 is 0 Å². The minimum absolute atomic E-state index is 0.0705. The second-order valence-corrected chi connectivity index (χ2v) is 4.80. The van der Waals surface area contributed by atoms with Gasteiger partial charge in [-0.3, -0.25) is 4.79 Å². The summed E-state index contributed by atoms with van der Waals surface area (Å²) in [7, 11) is 0.